The first kappa shape index (κ1) is 19.7. The van der Waals surface area contributed by atoms with Crippen molar-refractivity contribution in [1.82, 2.24) is 10.6 Å². The predicted octanol–water partition coefficient (Wildman–Crippen LogP) is 1.19. The normalized spacial score (nSPS) is 19.8. The van der Waals surface area contributed by atoms with Crippen molar-refractivity contribution in [3.63, 3.8) is 0 Å². The molecule has 7 nitrogen and oxygen atoms in total. The van der Waals surface area contributed by atoms with Gasteiger partial charge in [-0.15, -0.1) is 0 Å². The zero-order chi connectivity index (χ0) is 19.4. The predicted molar refractivity (Wildman–Crippen MR) is 82.3 cm³/mol. The molecule has 1 atom stereocenters. The number of alkyl halides is 3. The minimum Gasteiger partial charge on any atom is -0.481 e. The Morgan fingerprint density at radius 2 is 1.85 bits per heavy atom. The Morgan fingerprint density at radius 1 is 1.19 bits per heavy atom. The van der Waals surface area contributed by atoms with E-state index in [4.69, 9.17) is 9.84 Å². The van der Waals surface area contributed by atoms with E-state index in [2.05, 4.69) is 10.6 Å². The summed E-state index contributed by atoms with van der Waals surface area (Å²) < 4.78 is 42.6. The van der Waals surface area contributed by atoms with Gasteiger partial charge in [-0.1, -0.05) is 0 Å². The van der Waals surface area contributed by atoms with Crippen LogP contribution in [0.25, 0.3) is 0 Å². The minimum absolute atomic E-state index is 0.0322. The van der Waals surface area contributed by atoms with Crippen molar-refractivity contribution in [1.29, 1.82) is 0 Å². The van der Waals surface area contributed by atoms with Gasteiger partial charge in [0.2, 0.25) is 5.91 Å². The van der Waals surface area contributed by atoms with Gasteiger partial charge in [0.1, 0.15) is 0 Å². The van der Waals surface area contributed by atoms with E-state index in [1.54, 1.807) is 0 Å². The third kappa shape index (κ3) is 5.19. The molecule has 0 aromatic heterocycles. The first-order valence-corrected chi connectivity index (χ1v) is 7.67. The Balaban J connectivity index is 1.90. The van der Waals surface area contributed by atoms with Gasteiger partial charge in [0.15, 0.2) is 0 Å². The first-order valence-electron chi connectivity index (χ1n) is 7.67. The van der Waals surface area contributed by atoms with Gasteiger partial charge in [0.25, 0.3) is 5.91 Å². The molecule has 3 N–H and O–H groups in total. The van der Waals surface area contributed by atoms with Crippen LogP contribution in [0.5, 0.6) is 0 Å². The molecule has 1 heterocycles. The van der Waals surface area contributed by atoms with Crippen molar-refractivity contribution < 1.29 is 37.4 Å². The Hall–Kier alpha value is -2.62. The topological polar surface area (TPSA) is 105 Å². The fourth-order valence-electron chi connectivity index (χ4n) is 2.59. The van der Waals surface area contributed by atoms with Crippen molar-refractivity contribution in [2.45, 2.75) is 24.6 Å². The third-order valence-electron chi connectivity index (χ3n) is 3.88. The van der Waals surface area contributed by atoms with Gasteiger partial charge >= 0.3 is 12.1 Å². The lowest BCUT2D eigenvalue weighted by molar-refractivity contribution is -0.139. The molecule has 1 aromatic rings. The molecule has 2 rings (SSSR count). The molecule has 0 bridgehead atoms. The van der Waals surface area contributed by atoms with Crippen LogP contribution < -0.4 is 10.6 Å². The highest BCUT2D eigenvalue weighted by molar-refractivity contribution is 5.96. The molecule has 1 aliphatic rings. The molecule has 2 amide bonds. The van der Waals surface area contributed by atoms with E-state index in [1.807, 2.05) is 0 Å². The Labute approximate surface area is 146 Å². The molecule has 1 saturated heterocycles. The number of benzene rings is 1. The number of aliphatic carboxylic acids is 1. The van der Waals surface area contributed by atoms with Crippen LogP contribution >= 0.6 is 0 Å². The summed E-state index contributed by atoms with van der Waals surface area (Å²) in [4.78, 5) is 34.8. The molecule has 0 aliphatic carbocycles. The molecule has 1 aromatic carbocycles. The summed E-state index contributed by atoms with van der Waals surface area (Å²) in [5, 5.41) is 13.8. The molecular weight excluding hydrogens is 357 g/mol. The monoisotopic (exact) mass is 374 g/mol. The largest absolute Gasteiger partial charge is 0.481 e. The molecule has 0 radical (unpaired) electrons. The van der Waals surface area contributed by atoms with Gasteiger partial charge in [0.05, 0.1) is 30.7 Å². The summed E-state index contributed by atoms with van der Waals surface area (Å²) >= 11 is 0. The van der Waals surface area contributed by atoms with Crippen LogP contribution in [-0.4, -0.2) is 48.2 Å². The number of carbonyl (C=O) groups is 3. The second-order valence-corrected chi connectivity index (χ2v) is 5.96. The maximum atomic E-state index is 12.5. The lowest BCUT2D eigenvalue weighted by Crippen LogP contribution is -2.53. The highest BCUT2D eigenvalue weighted by atomic mass is 19.4. The Bertz CT molecular complexity index is 682. The average molecular weight is 374 g/mol. The van der Waals surface area contributed by atoms with Crippen LogP contribution in [0.15, 0.2) is 24.3 Å². The second kappa shape index (κ2) is 7.73. The smallest absolute Gasteiger partial charge is 0.416 e. The second-order valence-electron chi connectivity index (χ2n) is 5.96. The third-order valence-corrected chi connectivity index (χ3v) is 3.88. The maximum absolute atomic E-state index is 12.5. The first-order chi connectivity index (χ1) is 12.1. The molecule has 0 spiro atoms. The highest BCUT2D eigenvalue weighted by Gasteiger charge is 2.38. The number of hydrogen-bond donors (Lipinski definition) is 3. The summed E-state index contributed by atoms with van der Waals surface area (Å²) in [7, 11) is 0. The minimum atomic E-state index is -4.50. The quantitative estimate of drug-likeness (QED) is 0.694. The van der Waals surface area contributed by atoms with Crippen LogP contribution in [0.2, 0.25) is 0 Å². The number of rotatable bonds is 6. The van der Waals surface area contributed by atoms with Gasteiger partial charge in [-0.05, 0) is 30.7 Å². The van der Waals surface area contributed by atoms with E-state index in [-0.39, 0.29) is 18.6 Å². The van der Waals surface area contributed by atoms with Gasteiger partial charge in [-0.25, -0.2) is 0 Å². The number of ether oxygens (including phenoxy) is 1. The molecule has 142 valence electrons. The molecule has 10 heteroatoms. The fourth-order valence-corrected chi connectivity index (χ4v) is 2.59. The fraction of sp³-hybridized carbons (Fsp3) is 0.438. The van der Waals surface area contributed by atoms with Crippen LogP contribution in [0.3, 0.4) is 0 Å². The van der Waals surface area contributed by atoms with Crippen molar-refractivity contribution in [2.24, 2.45) is 0 Å². The van der Waals surface area contributed by atoms with Crippen LogP contribution in [-0.2, 0) is 20.5 Å². The molecule has 0 saturated carbocycles. The Morgan fingerprint density at radius 3 is 2.35 bits per heavy atom. The molecular formula is C16H17F3N2O5. The molecule has 1 fully saturated rings. The summed E-state index contributed by atoms with van der Waals surface area (Å²) in [6.07, 6.45) is -4.49. The van der Waals surface area contributed by atoms with E-state index in [1.165, 1.54) is 0 Å². The number of carboxylic acids is 1. The zero-order valence-electron chi connectivity index (χ0n) is 13.6. The van der Waals surface area contributed by atoms with Gasteiger partial charge in [-0.2, -0.15) is 13.2 Å². The van der Waals surface area contributed by atoms with Crippen LogP contribution in [0, 0.1) is 0 Å². The Kier molecular flexibility index (Phi) is 5.86. The number of carbonyl (C=O) groups excluding carboxylic acids is 2. The van der Waals surface area contributed by atoms with Crippen molar-refractivity contribution in [3.05, 3.63) is 35.4 Å². The van der Waals surface area contributed by atoms with Crippen molar-refractivity contribution >= 4 is 17.8 Å². The zero-order valence-corrected chi connectivity index (χ0v) is 13.6. The van der Waals surface area contributed by atoms with E-state index >= 15 is 0 Å². The lowest BCUT2D eigenvalue weighted by atomic mass is 9.94. The van der Waals surface area contributed by atoms with Gasteiger partial charge in [-0.3, -0.25) is 14.4 Å². The van der Waals surface area contributed by atoms with E-state index in [9.17, 15) is 27.6 Å². The van der Waals surface area contributed by atoms with Gasteiger partial charge in [0, 0.05) is 12.2 Å². The molecule has 26 heavy (non-hydrogen) atoms. The number of halogens is 3. The average Bonchev–Trinajstić information content (AvgIpc) is 2.99. The van der Waals surface area contributed by atoms with Gasteiger partial charge < -0.3 is 20.5 Å². The number of carboxylic acid groups (broad SMARTS) is 1. The number of amides is 2. The SMILES string of the molecule is O=C(O)CC1(NC(=O)CNC(=O)c2ccc(C(F)(F)F)cc2)CCOC1. The van der Waals surface area contributed by atoms with Crippen LogP contribution in [0.1, 0.15) is 28.8 Å². The molecule has 1 unspecified atom stereocenters. The van der Waals surface area contributed by atoms with E-state index < -0.39 is 41.6 Å². The summed E-state index contributed by atoms with van der Waals surface area (Å²) in [5.41, 5.74) is -1.94. The van der Waals surface area contributed by atoms with Crippen molar-refractivity contribution in [3.8, 4) is 0 Å². The standard InChI is InChI=1S/C16H17F3N2O5/c17-16(18,19)11-3-1-10(2-4-11)14(25)20-8-12(22)21-15(7-13(23)24)5-6-26-9-15/h1-4H,5-9H2,(H,20,25)(H,21,22)(H,23,24). The lowest BCUT2D eigenvalue weighted by Gasteiger charge is -2.27. The summed E-state index contributed by atoms with van der Waals surface area (Å²) in [6.45, 7) is -0.0788. The van der Waals surface area contributed by atoms with E-state index in [0.717, 1.165) is 24.3 Å². The van der Waals surface area contributed by atoms with Crippen LogP contribution in [0.4, 0.5) is 13.2 Å². The highest BCUT2D eigenvalue weighted by Crippen LogP contribution is 2.29. The summed E-state index contributed by atoms with van der Waals surface area (Å²) in [6, 6.07) is 3.55. The number of hydrogen-bond acceptors (Lipinski definition) is 4. The van der Waals surface area contributed by atoms with E-state index in [0.29, 0.717) is 13.0 Å². The van der Waals surface area contributed by atoms with Crippen molar-refractivity contribution in [2.75, 3.05) is 19.8 Å². The number of nitrogens with one attached hydrogen (secondary N) is 2. The summed E-state index contributed by atoms with van der Waals surface area (Å²) in [5.74, 6) is -2.43. The molecule has 1 aliphatic heterocycles. The maximum Gasteiger partial charge on any atom is 0.416 e.